The van der Waals surface area contributed by atoms with Crippen LogP contribution in [0.4, 0.5) is 23.5 Å². The number of rotatable bonds is 7. The standard InChI is InChI=1S/C27H25F4N5O5S/c1-35(2)26-33-18(13-20(34-26)19-7-5-16(12-22(19)37)27(29,30)31)14-32-25(38)21-4-3-9-36(21)42(39,40)24-11-15-10-17(28)6-8-23(15)41-24/h5-8,10-13,21,37H,3-4,9,14H2,1-2H3,(H,32,38)/t21-/m0/s1. The fraction of sp³-hybridized carbons (Fsp3) is 0.296. The van der Waals surface area contributed by atoms with Gasteiger partial charge in [-0.05, 0) is 55.3 Å². The third-order valence-corrected chi connectivity index (χ3v) is 8.50. The van der Waals surface area contributed by atoms with E-state index in [1.54, 1.807) is 19.0 Å². The minimum Gasteiger partial charge on any atom is -0.507 e. The molecule has 0 radical (unpaired) electrons. The van der Waals surface area contributed by atoms with Crippen LogP contribution in [-0.2, 0) is 27.5 Å². The number of phenolic OH excluding ortho intramolecular Hbond substituents is 1. The van der Waals surface area contributed by atoms with Gasteiger partial charge >= 0.3 is 6.18 Å². The van der Waals surface area contributed by atoms with Crippen LogP contribution in [-0.4, -0.2) is 60.4 Å². The first kappa shape index (κ1) is 29.3. The Kier molecular flexibility index (Phi) is 7.57. The third kappa shape index (κ3) is 5.74. The molecule has 0 spiro atoms. The Balaban J connectivity index is 1.36. The number of carbonyl (C=O) groups excluding carboxylic acids is 1. The van der Waals surface area contributed by atoms with Gasteiger partial charge in [-0.15, -0.1) is 0 Å². The van der Waals surface area contributed by atoms with Crippen LogP contribution in [0.5, 0.6) is 5.75 Å². The number of furan rings is 1. The molecule has 10 nitrogen and oxygen atoms in total. The summed E-state index contributed by atoms with van der Waals surface area (Å²) in [4.78, 5) is 23.4. The summed E-state index contributed by atoms with van der Waals surface area (Å²) in [5, 5.41) is 12.8. The van der Waals surface area contributed by atoms with Gasteiger partial charge in [-0.1, -0.05) is 0 Å². The predicted molar refractivity (Wildman–Crippen MR) is 143 cm³/mol. The maximum absolute atomic E-state index is 13.6. The summed E-state index contributed by atoms with van der Waals surface area (Å²) in [6, 6.07) is 7.70. The first-order chi connectivity index (χ1) is 19.7. The molecule has 42 heavy (non-hydrogen) atoms. The lowest BCUT2D eigenvalue weighted by Gasteiger charge is -2.22. The van der Waals surface area contributed by atoms with Crippen molar-refractivity contribution in [2.75, 3.05) is 25.5 Å². The van der Waals surface area contributed by atoms with Crippen LogP contribution in [0.1, 0.15) is 24.1 Å². The number of aromatic hydroxyl groups is 1. The van der Waals surface area contributed by atoms with Gasteiger partial charge < -0.3 is 19.7 Å². The van der Waals surface area contributed by atoms with Crippen LogP contribution >= 0.6 is 0 Å². The molecule has 2 aromatic carbocycles. The SMILES string of the molecule is CN(C)c1nc(CNC(=O)[C@@H]2CCCN2S(=O)(=O)c2cc3cc(F)ccc3o2)cc(-c2ccc(C(F)(F)F)cc2O)n1. The van der Waals surface area contributed by atoms with Gasteiger partial charge in [-0.3, -0.25) is 4.79 Å². The molecule has 3 heterocycles. The van der Waals surface area contributed by atoms with E-state index in [4.69, 9.17) is 4.42 Å². The molecule has 15 heteroatoms. The lowest BCUT2D eigenvalue weighted by atomic mass is 10.1. The highest BCUT2D eigenvalue weighted by molar-refractivity contribution is 7.89. The minimum atomic E-state index is -4.64. The van der Waals surface area contributed by atoms with Gasteiger partial charge in [0, 0.05) is 37.7 Å². The Labute approximate surface area is 237 Å². The number of fused-ring (bicyclic) bond motifs is 1. The first-order valence-corrected chi connectivity index (χ1v) is 14.1. The van der Waals surface area contributed by atoms with E-state index in [-0.39, 0.29) is 53.4 Å². The van der Waals surface area contributed by atoms with Gasteiger partial charge in [0.05, 0.1) is 23.5 Å². The smallest absolute Gasteiger partial charge is 0.416 e. The summed E-state index contributed by atoms with van der Waals surface area (Å²) >= 11 is 0. The lowest BCUT2D eigenvalue weighted by Crippen LogP contribution is -2.45. The molecular formula is C27H25F4N5O5S. The molecule has 0 aliphatic carbocycles. The zero-order chi connectivity index (χ0) is 30.4. The van der Waals surface area contributed by atoms with Gasteiger partial charge in [0.15, 0.2) is 0 Å². The Hall–Kier alpha value is -4.24. The fourth-order valence-electron chi connectivity index (χ4n) is 4.65. The second-order valence-corrected chi connectivity index (χ2v) is 11.7. The number of amides is 1. The number of phenols is 1. The molecular weight excluding hydrogens is 582 g/mol. The second-order valence-electron chi connectivity index (χ2n) is 9.91. The van der Waals surface area contributed by atoms with Crippen molar-refractivity contribution in [2.45, 2.75) is 36.7 Å². The molecule has 2 aromatic heterocycles. The monoisotopic (exact) mass is 607 g/mol. The largest absolute Gasteiger partial charge is 0.507 e. The van der Waals surface area contributed by atoms with Crippen molar-refractivity contribution in [1.29, 1.82) is 0 Å². The Morgan fingerprint density at radius 1 is 1.14 bits per heavy atom. The molecule has 0 bridgehead atoms. The number of hydrogen-bond donors (Lipinski definition) is 2. The summed E-state index contributed by atoms with van der Waals surface area (Å²) in [7, 11) is -0.946. The minimum absolute atomic E-state index is 0.0276. The molecule has 5 rings (SSSR count). The van der Waals surface area contributed by atoms with Crippen molar-refractivity contribution < 1.29 is 40.3 Å². The molecule has 1 atom stereocenters. The summed E-state index contributed by atoms with van der Waals surface area (Å²) in [6.07, 6.45) is -3.98. The highest BCUT2D eigenvalue weighted by atomic mass is 32.2. The van der Waals surface area contributed by atoms with E-state index in [9.17, 15) is 35.9 Å². The number of alkyl halides is 3. The number of hydrogen-bond acceptors (Lipinski definition) is 8. The summed E-state index contributed by atoms with van der Waals surface area (Å²) in [6.45, 7) is -0.0909. The number of nitrogens with zero attached hydrogens (tertiary/aromatic N) is 4. The van der Waals surface area contributed by atoms with Crippen LogP contribution < -0.4 is 10.2 Å². The maximum atomic E-state index is 13.6. The number of nitrogens with one attached hydrogen (secondary N) is 1. The Morgan fingerprint density at radius 3 is 2.60 bits per heavy atom. The molecule has 0 saturated carbocycles. The Morgan fingerprint density at radius 2 is 1.90 bits per heavy atom. The van der Waals surface area contributed by atoms with Gasteiger partial charge in [0.2, 0.25) is 16.9 Å². The Bertz CT molecular complexity index is 1770. The average Bonchev–Trinajstić information content (AvgIpc) is 3.59. The van der Waals surface area contributed by atoms with Gasteiger partial charge in [0.25, 0.3) is 10.0 Å². The maximum Gasteiger partial charge on any atom is 0.416 e. The van der Waals surface area contributed by atoms with Crippen LogP contribution in [0.25, 0.3) is 22.2 Å². The summed E-state index contributed by atoms with van der Waals surface area (Å²) in [5.74, 6) is -1.61. The van der Waals surface area contributed by atoms with Crippen LogP contribution in [0.2, 0.25) is 0 Å². The van der Waals surface area contributed by atoms with Crippen molar-refractivity contribution in [3.05, 3.63) is 65.6 Å². The molecule has 2 N–H and O–H groups in total. The average molecular weight is 608 g/mol. The third-order valence-electron chi connectivity index (χ3n) is 6.74. The zero-order valence-electron chi connectivity index (χ0n) is 22.3. The highest BCUT2D eigenvalue weighted by Crippen LogP contribution is 2.36. The van der Waals surface area contributed by atoms with E-state index < -0.39 is 50.4 Å². The quantitative estimate of drug-likeness (QED) is 0.298. The van der Waals surface area contributed by atoms with E-state index in [1.807, 2.05) is 0 Å². The number of sulfonamides is 1. The second kappa shape index (κ2) is 10.9. The first-order valence-electron chi connectivity index (χ1n) is 12.7. The topological polar surface area (TPSA) is 129 Å². The van der Waals surface area contributed by atoms with Crippen molar-refractivity contribution in [3.63, 3.8) is 0 Å². The predicted octanol–water partition coefficient (Wildman–Crippen LogP) is 4.29. The van der Waals surface area contributed by atoms with Crippen molar-refractivity contribution in [3.8, 4) is 17.0 Å². The number of halogens is 4. The summed E-state index contributed by atoms with van der Waals surface area (Å²) in [5.41, 5.74) is -0.423. The molecule has 0 unspecified atom stereocenters. The van der Waals surface area contributed by atoms with Crippen LogP contribution in [0.15, 0.2) is 58.0 Å². The van der Waals surface area contributed by atoms with Gasteiger partial charge in [0.1, 0.15) is 23.2 Å². The molecule has 1 fully saturated rings. The van der Waals surface area contributed by atoms with Crippen molar-refractivity contribution in [1.82, 2.24) is 19.6 Å². The highest BCUT2D eigenvalue weighted by Gasteiger charge is 2.41. The van der Waals surface area contributed by atoms with Gasteiger partial charge in [-0.25, -0.2) is 22.8 Å². The van der Waals surface area contributed by atoms with Crippen LogP contribution in [0.3, 0.4) is 0 Å². The fourth-order valence-corrected chi connectivity index (χ4v) is 6.26. The molecule has 222 valence electrons. The van der Waals surface area contributed by atoms with Crippen LogP contribution in [0, 0.1) is 5.82 Å². The van der Waals surface area contributed by atoms with E-state index in [0.717, 1.165) is 28.6 Å². The molecule has 1 amide bonds. The molecule has 1 aliphatic rings. The van der Waals surface area contributed by atoms with Crippen molar-refractivity contribution >= 4 is 32.8 Å². The number of benzene rings is 2. The lowest BCUT2D eigenvalue weighted by molar-refractivity contribution is -0.137. The van der Waals surface area contributed by atoms with E-state index in [2.05, 4.69) is 15.3 Å². The van der Waals surface area contributed by atoms with Gasteiger partial charge in [-0.2, -0.15) is 17.5 Å². The number of aromatic nitrogens is 2. The van der Waals surface area contributed by atoms with E-state index in [1.165, 1.54) is 18.2 Å². The number of carbonyl (C=O) groups is 1. The zero-order valence-corrected chi connectivity index (χ0v) is 23.1. The number of anilines is 1. The van der Waals surface area contributed by atoms with Crippen molar-refractivity contribution in [2.24, 2.45) is 0 Å². The molecule has 1 aliphatic heterocycles. The molecule has 1 saturated heterocycles. The van der Waals surface area contributed by atoms with E-state index in [0.29, 0.717) is 12.5 Å². The summed E-state index contributed by atoms with van der Waals surface area (Å²) < 4.78 is 86.0. The normalized spacial score (nSPS) is 16.2. The van der Waals surface area contributed by atoms with E-state index >= 15 is 0 Å². The molecule has 4 aromatic rings.